The van der Waals surface area contributed by atoms with Gasteiger partial charge in [0.1, 0.15) is 96.7 Å². The second-order valence-electron chi connectivity index (χ2n) is 36.9. The number of hydrogen-bond acceptors (Lipinski definition) is 30. The molecule has 0 radical (unpaired) electrons. The summed E-state index contributed by atoms with van der Waals surface area (Å²) in [5.41, 5.74) is 1.69. The molecule has 40 heteroatoms. The van der Waals surface area contributed by atoms with Crippen LogP contribution in [0.3, 0.4) is 0 Å². The second-order valence-corrected chi connectivity index (χ2v) is 59.4. The number of methoxy groups -OCH3 is 1. The summed E-state index contributed by atoms with van der Waals surface area (Å²) in [5.74, 6) is -7.90. The minimum absolute atomic E-state index is 0.0000817. The fourth-order valence-corrected chi connectivity index (χ4v) is 20.9. The van der Waals surface area contributed by atoms with Crippen molar-refractivity contribution in [3.63, 3.8) is 0 Å². The van der Waals surface area contributed by atoms with E-state index in [0.717, 1.165) is 30.8 Å². The molecule has 5 fully saturated rings. The van der Waals surface area contributed by atoms with Crippen molar-refractivity contribution in [1.29, 1.82) is 0 Å². The van der Waals surface area contributed by atoms with E-state index in [1.165, 1.54) is 46.1 Å². The van der Waals surface area contributed by atoms with Crippen LogP contribution in [0.2, 0.25) is 0 Å². The van der Waals surface area contributed by atoms with Gasteiger partial charge in [0.15, 0.2) is 0 Å². The van der Waals surface area contributed by atoms with Crippen molar-refractivity contribution < 1.29 is 127 Å². The predicted octanol–water partition coefficient (Wildman–Crippen LogP) is -0.499. The Kier molecular flexibility index (Phi) is 40.2. The maximum atomic E-state index is 12.3. The van der Waals surface area contributed by atoms with Gasteiger partial charge >= 0.3 is 0 Å². The molecule has 0 aliphatic carbocycles. The minimum atomic E-state index is -1.31. The number of aliphatic hydroxyl groups excluding tert-OH is 9. The van der Waals surface area contributed by atoms with Crippen LogP contribution in [0.4, 0.5) is 0 Å². The number of likely N-dealkylation sites (N-methyl/N-ethyl adjacent to an activating group) is 2. The van der Waals surface area contributed by atoms with Crippen molar-refractivity contribution in [3.8, 4) is 0 Å². The third-order valence-corrected chi connectivity index (χ3v) is 30.3. The van der Waals surface area contributed by atoms with Crippen molar-refractivity contribution in [2.45, 2.75) is 194 Å². The zero-order chi connectivity index (χ0) is 93.7. The van der Waals surface area contributed by atoms with Gasteiger partial charge in [-0.15, -0.1) is 65.9 Å². The quantitative estimate of drug-likeness (QED) is 0.0236. The van der Waals surface area contributed by atoms with Gasteiger partial charge in [-0.25, -0.2) is 0 Å². The molecule has 698 valence electrons. The Balaban J connectivity index is 0.000000240. The molecule has 0 aromatic rings. The monoisotopic (exact) mass is 1880 g/mol. The molecular weight excluding hydrogens is 1740 g/mol. The van der Waals surface area contributed by atoms with Gasteiger partial charge in [-0.1, -0.05) is 54.8 Å². The SMILES string of the molecule is C=P(C)(C)CC[C@H]1OC([C@@H]2C=C(CC(C)=O)C(=O)NC2=O)[C@H](O)[C@@H]1O.C=P(C)(C)CC[C@H]1OC([C@@H]2C=C(CC(C)=O)C(=O)NC2=O)[C@H](OC)[C@@H]1O.C=P(C)(C)CC[C@H]1OC([C@@H]2C=C(CC(C)=O)C(=O)NC2=S)[C@H](O)[C@@H]1O.C=P(C)(C)CC[C@H]1OC([C@@H]2C=C(CNC)C(=O)NC2=O)[C@H](O)[C@@H]1O.C=P(C)(C)CC[C@H]1OC([C@@H]2C=C(CNC)C(=O)NC2=S)[C@H](O)[C@@H]1O. The number of rotatable bonds is 31. The number of hydrogen-bond donors (Lipinski definition) is 16. The van der Waals surface area contributed by atoms with Crippen LogP contribution in [0.15, 0.2) is 58.2 Å². The maximum absolute atomic E-state index is 12.3. The number of imide groups is 3. The summed E-state index contributed by atoms with van der Waals surface area (Å²) >= 11 is 10.5. The zero-order valence-electron chi connectivity index (χ0n) is 74.0. The van der Waals surface area contributed by atoms with E-state index in [2.05, 4.69) is 135 Å². The number of ketones is 3. The average Bonchev–Trinajstić information content (AvgIpc) is 1.65. The van der Waals surface area contributed by atoms with Gasteiger partial charge in [-0.2, -0.15) is 0 Å². The molecule has 10 aliphatic rings. The number of ether oxygens (including phenoxy) is 6. The van der Waals surface area contributed by atoms with Crippen LogP contribution < -0.4 is 37.2 Å². The number of aliphatic hydroxyl groups is 9. The molecule has 16 N–H and O–H groups in total. The van der Waals surface area contributed by atoms with Gasteiger partial charge in [0.05, 0.1) is 82.3 Å². The fraction of sp³-hybridized carbons (Fsp3) is 0.667. The van der Waals surface area contributed by atoms with E-state index >= 15 is 0 Å². The molecule has 25 atom stereocenters. The van der Waals surface area contributed by atoms with Crippen LogP contribution in [-0.2, 0) is 81.2 Å². The van der Waals surface area contributed by atoms with E-state index in [-0.39, 0.29) is 58.7 Å². The number of carbonyl (C=O) groups is 11. The normalized spacial score (nSPS) is 33.4. The first-order valence-electron chi connectivity index (χ1n) is 41.2. The van der Waals surface area contributed by atoms with Gasteiger partial charge in [0.25, 0.3) is 29.5 Å². The highest BCUT2D eigenvalue weighted by atomic mass is 32.1. The Morgan fingerprint density at radius 3 is 0.823 bits per heavy atom. The molecule has 10 rings (SSSR count). The van der Waals surface area contributed by atoms with E-state index in [4.69, 9.17) is 52.9 Å². The molecule has 0 spiro atoms. The van der Waals surface area contributed by atoms with Crippen molar-refractivity contribution in [3.05, 3.63) is 58.2 Å². The average molecular weight is 1880 g/mol. The van der Waals surface area contributed by atoms with Gasteiger partial charge in [-0.05, 0) is 164 Å². The minimum Gasteiger partial charge on any atom is -0.388 e. The third-order valence-electron chi connectivity index (χ3n) is 22.2. The van der Waals surface area contributed by atoms with Crippen molar-refractivity contribution in [2.75, 3.05) is 132 Å². The highest BCUT2D eigenvalue weighted by Crippen LogP contribution is 2.45. The van der Waals surface area contributed by atoms with Crippen LogP contribution in [0, 0.1) is 29.6 Å². The molecule has 0 saturated carbocycles. The number of carbonyl (C=O) groups excluding carboxylic acids is 11. The molecular formula is C84H134N7O26P5S2. The highest BCUT2D eigenvalue weighted by Gasteiger charge is 2.54. The number of nitrogens with one attached hydrogen (secondary N) is 7. The number of Topliss-reactive ketones (excluding diaryl/α,β-unsaturated/α-hetero) is 3. The van der Waals surface area contributed by atoms with Gasteiger partial charge in [0, 0.05) is 67.3 Å². The summed E-state index contributed by atoms with van der Waals surface area (Å²) in [4.78, 5) is 131. The topological polar surface area (TPSA) is 509 Å². The van der Waals surface area contributed by atoms with Crippen molar-refractivity contribution in [2.24, 2.45) is 29.6 Å². The third kappa shape index (κ3) is 31.1. The lowest BCUT2D eigenvalue weighted by Gasteiger charge is -2.28. The molecule has 0 aromatic carbocycles. The van der Waals surface area contributed by atoms with Crippen LogP contribution >= 0.6 is 58.9 Å². The van der Waals surface area contributed by atoms with Crippen molar-refractivity contribution in [1.82, 2.24) is 37.2 Å². The Labute approximate surface area is 738 Å². The lowest BCUT2D eigenvalue weighted by Crippen LogP contribution is -2.49. The summed E-state index contributed by atoms with van der Waals surface area (Å²) in [6.07, 6.45) is 18.8. The Hall–Kier alpha value is -4.93. The largest absolute Gasteiger partial charge is 0.388 e. The molecule has 0 bridgehead atoms. The van der Waals surface area contributed by atoms with Gasteiger partial charge in [0.2, 0.25) is 17.7 Å². The lowest BCUT2D eigenvalue weighted by atomic mass is 9.89. The van der Waals surface area contributed by atoms with Gasteiger partial charge in [-0.3, -0.25) is 68.7 Å². The summed E-state index contributed by atoms with van der Waals surface area (Å²) in [6, 6.07) is 0. The van der Waals surface area contributed by atoms with Crippen LogP contribution in [0.1, 0.15) is 72.1 Å². The number of amides is 8. The summed E-state index contributed by atoms with van der Waals surface area (Å²) in [5, 5.41) is 111. The fourth-order valence-electron chi connectivity index (χ4n) is 15.5. The van der Waals surface area contributed by atoms with E-state index in [0.29, 0.717) is 66.9 Å². The van der Waals surface area contributed by atoms with Crippen LogP contribution in [-0.4, -0.2) is 406 Å². The van der Waals surface area contributed by atoms with E-state index in [1.54, 1.807) is 26.2 Å². The summed E-state index contributed by atoms with van der Waals surface area (Å²) < 4.78 is 34.8. The first kappa shape index (κ1) is 108. The first-order valence-corrected chi connectivity index (χ1v) is 57.2. The smallest absolute Gasteiger partial charge is 0.254 e. The van der Waals surface area contributed by atoms with E-state index in [1.807, 2.05) is 0 Å². The second kappa shape index (κ2) is 46.2. The molecule has 124 heavy (non-hydrogen) atoms. The molecule has 33 nitrogen and oxygen atoms in total. The molecule has 8 amide bonds. The first-order chi connectivity index (χ1) is 57.3. The summed E-state index contributed by atoms with van der Waals surface area (Å²) in [7, 11) is 4.90. The number of thiocarbonyl (C=S) groups is 2. The molecule has 10 aliphatic heterocycles. The van der Waals surface area contributed by atoms with E-state index < -0.39 is 227 Å². The Morgan fingerprint density at radius 1 is 0.355 bits per heavy atom. The molecule has 5 saturated heterocycles. The summed E-state index contributed by atoms with van der Waals surface area (Å²) in [6.45, 7) is 19.5. The lowest BCUT2D eigenvalue weighted by molar-refractivity contribution is -0.138. The van der Waals surface area contributed by atoms with Crippen molar-refractivity contribution >= 4 is 165 Å². The highest BCUT2D eigenvalue weighted by molar-refractivity contribution is 7.80. The standard InChI is InChI=1S/C18H28NO6P.C17H26NO6P.C17H26NO5PS.C16H27N2O5P.C16H27N2O4PS/c1-10(20)8-11-9-12(18(23)19-17(11)22)15-16(24-2)14(21)13(25-15)6-7-26(3,4)5;1-9(19)7-10-8-11(17(23)18-16(10)22)15-14(21)13(20)12(24-15)5-6-25(2,3)4;1-9(19)7-10-8-11(17(25)18-16(10)22)15-14(21)13(20)12(23-15)5-6-24(2,3)4;1-17-8-9-7-10(16(22)18-15(9)21)14-13(20)12(19)11(23-14)5-6-24(2,3)4;1-17-8-9-7-10(16(24)18-15(9)21)14-13(20)12(19)11(22-14)5-6-23(2,3)4/h9,12-16,21H,3,6-8H2,1-2,4-5H3,(H,19,22,23);8,11-15,20-21H,2,5-7H2,1,3-4H3,(H,18,22,23);8,11-15,20-21H,2,5-7H2,1,3-4H3,(H,18,22,25);7,10-14,17,19-20H,2,5-6,8H2,1,3-4H3,(H,18,21,22);7,10-14,17,19-20H,2,5-6,8H2,1,3-4H3,(H,18,21,24)/t12-,13+,14+,15?,16+;2*11-,12+,13+,14+,15?;2*10-,11+,12+,13+,14?/m00000/s1. The maximum Gasteiger partial charge on any atom is 0.254 e. The Morgan fingerprint density at radius 2 is 0.565 bits per heavy atom. The Bertz CT molecular complexity index is 4190. The molecule has 0 aromatic heterocycles. The molecule has 10 heterocycles. The van der Waals surface area contributed by atoms with E-state index in [9.17, 15) is 98.7 Å². The zero-order valence-corrected chi connectivity index (χ0v) is 80.1. The van der Waals surface area contributed by atoms with Gasteiger partial charge < -0.3 is 95.6 Å². The van der Waals surface area contributed by atoms with Crippen LogP contribution in [0.5, 0.6) is 0 Å². The van der Waals surface area contributed by atoms with Crippen LogP contribution in [0.25, 0.3) is 0 Å². The molecule has 5 unspecified atom stereocenters. The predicted molar refractivity (Wildman–Crippen MR) is 498 cm³/mol.